The Hall–Kier alpha value is -0.900. The zero-order valence-electron chi connectivity index (χ0n) is 12.9. The smallest absolute Gasteiger partial charge is 0.0797 e. The van der Waals surface area contributed by atoms with Crippen LogP contribution >= 0.6 is 22.9 Å². The van der Waals surface area contributed by atoms with Gasteiger partial charge >= 0.3 is 0 Å². The van der Waals surface area contributed by atoms with Crippen molar-refractivity contribution in [1.82, 2.24) is 10.3 Å². The third kappa shape index (κ3) is 5.10. The van der Waals surface area contributed by atoms with E-state index in [9.17, 15) is 0 Å². The molecule has 1 aromatic heterocycles. The number of hydrogen-bond acceptors (Lipinski definition) is 3. The summed E-state index contributed by atoms with van der Waals surface area (Å²) in [4.78, 5) is 5.73. The maximum atomic E-state index is 6.15. The Bertz CT molecular complexity index is 565. The van der Waals surface area contributed by atoms with E-state index in [0.717, 1.165) is 24.4 Å². The summed E-state index contributed by atoms with van der Waals surface area (Å²) in [5, 5.41) is 4.37. The maximum Gasteiger partial charge on any atom is 0.0797 e. The average molecular weight is 323 g/mol. The molecular formula is C17H23ClN2S. The molecule has 2 rings (SSSR count). The highest BCUT2D eigenvalue weighted by molar-refractivity contribution is 7.09. The predicted octanol–water partition coefficient (Wildman–Crippen LogP) is 4.82. The molecule has 4 heteroatoms. The van der Waals surface area contributed by atoms with Gasteiger partial charge in [0.1, 0.15) is 0 Å². The lowest BCUT2D eigenvalue weighted by Crippen LogP contribution is -2.28. The van der Waals surface area contributed by atoms with Gasteiger partial charge in [-0.3, -0.25) is 0 Å². The van der Waals surface area contributed by atoms with Crippen molar-refractivity contribution >= 4 is 22.9 Å². The molecule has 1 aromatic carbocycles. The van der Waals surface area contributed by atoms with Crippen LogP contribution in [0.4, 0.5) is 0 Å². The van der Waals surface area contributed by atoms with Crippen LogP contribution in [0.3, 0.4) is 0 Å². The van der Waals surface area contributed by atoms with Crippen molar-refractivity contribution in [1.29, 1.82) is 0 Å². The molecule has 0 saturated carbocycles. The fourth-order valence-electron chi connectivity index (χ4n) is 2.40. The Kier molecular flexibility index (Phi) is 6.22. The standard InChI is InChI=1S/C17H23ClN2S/c1-12(2)19-10-15(14-5-4-6-16(18)9-14)7-8-17-13(3)20-11-21-17/h4-6,9,11-12,15,19H,7-8,10H2,1-3H3. The van der Waals surface area contributed by atoms with Crippen LogP contribution in [0, 0.1) is 6.92 Å². The molecule has 0 bridgehead atoms. The van der Waals surface area contributed by atoms with Gasteiger partial charge in [0.2, 0.25) is 0 Å². The summed E-state index contributed by atoms with van der Waals surface area (Å²) >= 11 is 7.90. The molecule has 114 valence electrons. The molecule has 0 spiro atoms. The summed E-state index contributed by atoms with van der Waals surface area (Å²) in [5.74, 6) is 0.479. The maximum absolute atomic E-state index is 6.15. The van der Waals surface area contributed by atoms with Crippen LogP contribution in [0.15, 0.2) is 29.8 Å². The van der Waals surface area contributed by atoms with Crippen LogP contribution in [0.2, 0.25) is 5.02 Å². The molecule has 1 heterocycles. The minimum Gasteiger partial charge on any atom is -0.314 e. The first-order chi connectivity index (χ1) is 10.1. The molecule has 1 unspecified atom stereocenters. The summed E-state index contributed by atoms with van der Waals surface area (Å²) in [6.45, 7) is 7.44. The molecule has 0 amide bonds. The monoisotopic (exact) mass is 322 g/mol. The van der Waals surface area contributed by atoms with E-state index in [4.69, 9.17) is 11.6 Å². The van der Waals surface area contributed by atoms with Crippen molar-refractivity contribution in [2.24, 2.45) is 0 Å². The van der Waals surface area contributed by atoms with Crippen LogP contribution in [-0.2, 0) is 6.42 Å². The molecule has 0 aliphatic carbocycles. The number of aromatic nitrogens is 1. The fraction of sp³-hybridized carbons (Fsp3) is 0.471. The van der Waals surface area contributed by atoms with Crippen molar-refractivity contribution in [3.63, 3.8) is 0 Å². The second kappa shape index (κ2) is 7.92. The highest BCUT2D eigenvalue weighted by Crippen LogP contribution is 2.25. The molecule has 1 N–H and O–H groups in total. The summed E-state index contributed by atoms with van der Waals surface area (Å²) < 4.78 is 0. The predicted molar refractivity (Wildman–Crippen MR) is 92.5 cm³/mol. The lowest BCUT2D eigenvalue weighted by molar-refractivity contribution is 0.509. The topological polar surface area (TPSA) is 24.9 Å². The van der Waals surface area contributed by atoms with Gasteiger partial charge in [0.15, 0.2) is 0 Å². The number of nitrogens with one attached hydrogen (secondary N) is 1. The summed E-state index contributed by atoms with van der Waals surface area (Å²) in [6.07, 6.45) is 2.19. The van der Waals surface area contributed by atoms with Gasteiger partial charge in [0.25, 0.3) is 0 Å². The Labute approximate surface area is 136 Å². The van der Waals surface area contributed by atoms with E-state index in [1.54, 1.807) is 11.3 Å². The highest BCUT2D eigenvalue weighted by Gasteiger charge is 2.14. The zero-order chi connectivity index (χ0) is 15.2. The van der Waals surface area contributed by atoms with Gasteiger partial charge in [-0.2, -0.15) is 0 Å². The molecule has 0 aliphatic rings. The van der Waals surface area contributed by atoms with Crippen molar-refractivity contribution < 1.29 is 0 Å². The molecular weight excluding hydrogens is 300 g/mol. The number of rotatable bonds is 7. The van der Waals surface area contributed by atoms with E-state index >= 15 is 0 Å². The van der Waals surface area contributed by atoms with Crippen LogP contribution in [0.1, 0.15) is 42.3 Å². The van der Waals surface area contributed by atoms with Crippen molar-refractivity contribution in [3.8, 4) is 0 Å². The second-order valence-electron chi connectivity index (χ2n) is 5.71. The normalized spacial score (nSPS) is 12.8. The summed E-state index contributed by atoms with van der Waals surface area (Å²) in [6, 6.07) is 8.74. The first kappa shape index (κ1) is 16.5. The van der Waals surface area contributed by atoms with Crippen molar-refractivity contribution in [2.75, 3.05) is 6.54 Å². The van der Waals surface area contributed by atoms with Gasteiger partial charge < -0.3 is 5.32 Å². The van der Waals surface area contributed by atoms with E-state index in [1.165, 1.54) is 16.1 Å². The highest BCUT2D eigenvalue weighted by atomic mass is 35.5. The third-order valence-corrected chi connectivity index (χ3v) is 4.89. The minimum absolute atomic E-state index is 0.479. The number of benzene rings is 1. The Morgan fingerprint density at radius 2 is 2.14 bits per heavy atom. The lowest BCUT2D eigenvalue weighted by Gasteiger charge is -2.20. The Morgan fingerprint density at radius 1 is 1.33 bits per heavy atom. The largest absolute Gasteiger partial charge is 0.314 e. The van der Waals surface area contributed by atoms with Gasteiger partial charge in [-0.25, -0.2) is 4.98 Å². The minimum atomic E-state index is 0.479. The SMILES string of the molecule is Cc1ncsc1CCC(CNC(C)C)c1cccc(Cl)c1. The fourth-order valence-corrected chi connectivity index (χ4v) is 3.39. The van der Waals surface area contributed by atoms with E-state index in [2.05, 4.69) is 43.2 Å². The summed E-state index contributed by atoms with van der Waals surface area (Å²) in [7, 11) is 0. The van der Waals surface area contributed by atoms with Gasteiger partial charge in [-0.1, -0.05) is 37.6 Å². The first-order valence-corrected chi connectivity index (χ1v) is 8.70. The number of nitrogens with zero attached hydrogens (tertiary/aromatic N) is 1. The van der Waals surface area contributed by atoms with E-state index in [0.29, 0.717) is 12.0 Å². The average Bonchev–Trinajstić information content (AvgIpc) is 2.84. The van der Waals surface area contributed by atoms with Crippen molar-refractivity contribution in [3.05, 3.63) is 50.9 Å². The van der Waals surface area contributed by atoms with E-state index in [1.807, 2.05) is 17.6 Å². The van der Waals surface area contributed by atoms with E-state index < -0.39 is 0 Å². The molecule has 0 aliphatic heterocycles. The molecule has 2 aromatic rings. The third-order valence-electron chi connectivity index (χ3n) is 3.66. The zero-order valence-corrected chi connectivity index (χ0v) is 14.5. The Balaban J connectivity index is 2.06. The molecule has 2 nitrogen and oxygen atoms in total. The number of aryl methyl sites for hydroxylation is 2. The van der Waals surface area contributed by atoms with Gasteiger partial charge in [-0.05, 0) is 43.4 Å². The molecule has 21 heavy (non-hydrogen) atoms. The van der Waals surface area contributed by atoms with Gasteiger partial charge in [0.05, 0.1) is 11.2 Å². The Morgan fingerprint density at radius 3 is 2.76 bits per heavy atom. The number of thiazole rings is 1. The number of halogens is 1. The molecule has 0 saturated heterocycles. The quantitative estimate of drug-likeness (QED) is 0.790. The van der Waals surface area contributed by atoms with Crippen LogP contribution in [0.25, 0.3) is 0 Å². The second-order valence-corrected chi connectivity index (χ2v) is 7.09. The van der Waals surface area contributed by atoms with Gasteiger partial charge in [-0.15, -0.1) is 11.3 Å². The summed E-state index contributed by atoms with van der Waals surface area (Å²) in [5.41, 5.74) is 4.42. The van der Waals surface area contributed by atoms with Crippen molar-refractivity contribution in [2.45, 2.75) is 45.6 Å². The number of hydrogen-bond donors (Lipinski definition) is 1. The van der Waals surface area contributed by atoms with E-state index in [-0.39, 0.29) is 0 Å². The molecule has 0 fully saturated rings. The molecule has 0 radical (unpaired) electrons. The lowest BCUT2D eigenvalue weighted by atomic mass is 9.93. The van der Waals surface area contributed by atoms with Crippen LogP contribution < -0.4 is 5.32 Å². The van der Waals surface area contributed by atoms with Gasteiger partial charge in [0, 0.05) is 22.5 Å². The molecule has 1 atom stereocenters. The first-order valence-electron chi connectivity index (χ1n) is 7.44. The van der Waals surface area contributed by atoms with Crippen LogP contribution in [0.5, 0.6) is 0 Å². The van der Waals surface area contributed by atoms with Crippen LogP contribution in [-0.4, -0.2) is 17.6 Å².